The second kappa shape index (κ2) is 13.6. The number of methoxy groups -OCH3 is 2. The fourth-order valence-corrected chi connectivity index (χ4v) is 3.02. The zero-order valence-electron chi connectivity index (χ0n) is 18.9. The number of hydrogen-bond acceptors (Lipinski definition) is 8. The van der Waals surface area contributed by atoms with Crippen LogP contribution in [-0.2, 0) is 25.7 Å². The molecule has 3 aromatic rings. The minimum Gasteiger partial charge on any atom is -0.508 e. The number of aliphatic hydroxyl groups is 2. The normalized spacial score (nSPS) is 11.9. The van der Waals surface area contributed by atoms with E-state index in [0.29, 0.717) is 33.5 Å². The number of benzene rings is 3. The van der Waals surface area contributed by atoms with Gasteiger partial charge in [-0.3, -0.25) is 0 Å². The van der Waals surface area contributed by atoms with Gasteiger partial charge >= 0.3 is 11.9 Å². The van der Waals surface area contributed by atoms with Crippen LogP contribution in [0, 0.1) is 0 Å². The smallest absolute Gasteiger partial charge is 0.339 e. The zero-order chi connectivity index (χ0) is 26.0. The van der Waals surface area contributed by atoms with Gasteiger partial charge in [-0.2, -0.15) is 0 Å². The molecule has 3 rings (SSSR count). The fraction of sp³-hybridized carbons (Fsp3) is 0.200. The Morgan fingerprint density at radius 3 is 1.71 bits per heavy atom. The first-order valence-corrected chi connectivity index (χ1v) is 10.9. The van der Waals surface area contributed by atoms with Crippen LogP contribution in [0.4, 0.5) is 0 Å². The summed E-state index contributed by atoms with van der Waals surface area (Å²) in [5.41, 5.74) is 1.71. The number of carbonyl (C=O) groups excluding carboxylic acids is 2. The van der Waals surface area contributed by atoms with Crippen LogP contribution in [0.3, 0.4) is 0 Å². The van der Waals surface area contributed by atoms with Gasteiger partial charge in [0.1, 0.15) is 18.1 Å². The van der Waals surface area contributed by atoms with E-state index < -0.39 is 24.1 Å². The summed E-state index contributed by atoms with van der Waals surface area (Å²) < 4.78 is 14.4. The lowest BCUT2D eigenvalue weighted by Gasteiger charge is -2.10. The molecule has 0 heterocycles. The number of aromatic hydroxyl groups is 1. The fourth-order valence-electron chi connectivity index (χ4n) is 2.69. The summed E-state index contributed by atoms with van der Waals surface area (Å²) in [7, 11) is 2.42. The summed E-state index contributed by atoms with van der Waals surface area (Å²) >= 11 is 11.8. The van der Waals surface area contributed by atoms with E-state index in [0.717, 1.165) is 5.56 Å². The van der Waals surface area contributed by atoms with Crippen molar-refractivity contribution >= 4 is 35.1 Å². The summed E-state index contributed by atoms with van der Waals surface area (Å²) in [6.45, 7) is 0.329. The van der Waals surface area contributed by atoms with Gasteiger partial charge in [-0.25, -0.2) is 9.59 Å². The molecule has 0 aliphatic carbocycles. The van der Waals surface area contributed by atoms with Gasteiger partial charge in [0, 0.05) is 0 Å². The molecule has 3 aromatic carbocycles. The predicted molar refractivity (Wildman–Crippen MR) is 129 cm³/mol. The highest BCUT2D eigenvalue weighted by molar-refractivity contribution is 6.42. The minimum absolute atomic E-state index is 0.0841. The second-order valence-electron chi connectivity index (χ2n) is 7.05. The maximum absolute atomic E-state index is 11.2. The molecule has 186 valence electrons. The minimum atomic E-state index is -1.30. The molecule has 8 nitrogen and oxygen atoms in total. The Morgan fingerprint density at radius 1 is 0.771 bits per heavy atom. The van der Waals surface area contributed by atoms with Gasteiger partial charge in [0.2, 0.25) is 0 Å². The standard InChI is InChI=1S/C16H14Cl2O4.C9H10O4/c1-21-16(20)15(19)11-3-5-12(6-4-11)22-9-10-2-7-13(17)14(18)8-10;1-13-9(12)8(11)6-2-4-7(10)5-3-6/h2-8,15,19H,9H2,1H3;2-5,8,10-11H,1H3/t15-;8-/m00/s1. The van der Waals surface area contributed by atoms with Crippen molar-refractivity contribution in [2.24, 2.45) is 0 Å². The summed E-state index contributed by atoms with van der Waals surface area (Å²) in [6.07, 6.45) is -2.58. The second-order valence-corrected chi connectivity index (χ2v) is 7.86. The van der Waals surface area contributed by atoms with Crippen molar-refractivity contribution in [2.75, 3.05) is 14.2 Å². The van der Waals surface area contributed by atoms with Crippen LogP contribution < -0.4 is 4.74 Å². The van der Waals surface area contributed by atoms with Crippen LogP contribution >= 0.6 is 23.2 Å². The molecule has 0 saturated heterocycles. The molecular formula is C25H24Cl2O8. The van der Waals surface area contributed by atoms with E-state index >= 15 is 0 Å². The Morgan fingerprint density at radius 2 is 1.26 bits per heavy atom. The van der Waals surface area contributed by atoms with E-state index in [2.05, 4.69) is 9.47 Å². The summed E-state index contributed by atoms with van der Waals surface area (Å²) in [4.78, 5) is 22.1. The van der Waals surface area contributed by atoms with Crippen molar-refractivity contribution < 1.29 is 39.1 Å². The predicted octanol–water partition coefficient (Wildman–Crippen LogP) is 4.38. The molecule has 0 radical (unpaired) electrons. The molecule has 0 saturated carbocycles. The number of esters is 2. The van der Waals surface area contributed by atoms with Crippen LogP contribution in [0.1, 0.15) is 28.9 Å². The van der Waals surface area contributed by atoms with Crippen molar-refractivity contribution in [1.29, 1.82) is 0 Å². The number of phenolic OH excluding ortho intramolecular Hbond substituents is 1. The van der Waals surface area contributed by atoms with E-state index in [-0.39, 0.29) is 5.75 Å². The third-order valence-corrected chi connectivity index (χ3v) is 5.38. The van der Waals surface area contributed by atoms with Crippen LogP contribution in [0.5, 0.6) is 11.5 Å². The topological polar surface area (TPSA) is 123 Å². The van der Waals surface area contributed by atoms with E-state index in [9.17, 15) is 19.8 Å². The lowest BCUT2D eigenvalue weighted by Crippen LogP contribution is -2.13. The van der Waals surface area contributed by atoms with Gasteiger partial charge in [0.05, 0.1) is 24.3 Å². The summed E-state index contributed by atoms with van der Waals surface area (Å²) in [5, 5.41) is 28.9. The van der Waals surface area contributed by atoms with Crippen molar-refractivity contribution in [1.82, 2.24) is 0 Å². The average Bonchev–Trinajstić information content (AvgIpc) is 2.88. The third kappa shape index (κ3) is 8.45. The molecule has 0 fully saturated rings. The molecule has 0 unspecified atom stereocenters. The number of carbonyl (C=O) groups is 2. The SMILES string of the molecule is COC(=O)[C@@H](O)c1ccc(O)cc1.COC(=O)[C@@H](O)c1ccc(OCc2ccc(Cl)c(Cl)c2)cc1. The van der Waals surface area contributed by atoms with Gasteiger partial charge in [-0.15, -0.1) is 0 Å². The van der Waals surface area contributed by atoms with Gasteiger partial charge in [0.25, 0.3) is 0 Å². The zero-order valence-corrected chi connectivity index (χ0v) is 20.4. The molecule has 3 N–H and O–H groups in total. The van der Waals surface area contributed by atoms with Crippen LogP contribution in [0.15, 0.2) is 66.7 Å². The number of phenols is 1. The van der Waals surface area contributed by atoms with Gasteiger partial charge in [0.15, 0.2) is 12.2 Å². The van der Waals surface area contributed by atoms with E-state index in [1.807, 2.05) is 6.07 Å². The molecule has 0 aliphatic heterocycles. The summed E-state index contributed by atoms with van der Waals surface area (Å²) in [6, 6.07) is 17.5. The van der Waals surface area contributed by atoms with Crippen molar-refractivity contribution in [3.8, 4) is 11.5 Å². The number of aliphatic hydroxyl groups excluding tert-OH is 2. The first-order chi connectivity index (χ1) is 16.7. The average molecular weight is 523 g/mol. The van der Waals surface area contributed by atoms with Crippen molar-refractivity contribution in [2.45, 2.75) is 18.8 Å². The molecule has 10 heteroatoms. The van der Waals surface area contributed by atoms with E-state index in [1.165, 1.54) is 38.5 Å². The third-order valence-electron chi connectivity index (χ3n) is 4.64. The molecule has 0 bridgehead atoms. The maximum Gasteiger partial charge on any atom is 0.339 e. The Kier molecular flexibility index (Phi) is 10.8. The maximum atomic E-state index is 11.2. The Labute approximate surface area is 212 Å². The van der Waals surface area contributed by atoms with Crippen LogP contribution in [0.2, 0.25) is 10.0 Å². The van der Waals surface area contributed by atoms with E-state index in [1.54, 1.807) is 36.4 Å². The monoisotopic (exact) mass is 522 g/mol. The number of rotatable bonds is 7. The van der Waals surface area contributed by atoms with Crippen molar-refractivity contribution in [3.63, 3.8) is 0 Å². The molecule has 0 aromatic heterocycles. The van der Waals surface area contributed by atoms with Crippen molar-refractivity contribution in [3.05, 3.63) is 93.5 Å². The lowest BCUT2D eigenvalue weighted by molar-refractivity contribution is -0.151. The van der Waals surface area contributed by atoms with Gasteiger partial charge in [-0.1, -0.05) is 53.5 Å². The molecule has 2 atom stereocenters. The number of halogens is 2. The van der Waals surface area contributed by atoms with Gasteiger partial charge < -0.3 is 29.5 Å². The number of hydrogen-bond donors (Lipinski definition) is 3. The molecular weight excluding hydrogens is 499 g/mol. The molecule has 0 amide bonds. The number of ether oxygens (including phenoxy) is 3. The summed E-state index contributed by atoms with van der Waals surface area (Å²) in [5.74, 6) is -0.733. The molecule has 0 aliphatic rings. The highest BCUT2D eigenvalue weighted by Crippen LogP contribution is 2.24. The Balaban J connectivity index is 0.000000283. The Hall–Kier alpha value is -3.30. The highest BCUT2D eigenvalue weighted by Gasteiger charge is 2.18. The highest BCUT2D eigenvalue weighted by atomic mass is 35.5. The Bertz CT molecular complexity index is 1120. The van der Waals surface area contributed by atoms with Crippen LogP contribution in [0.25, 0.3) is 0 Å². The first-order valence-electron chi connectivity index (χ1n) is 10.1. The van der Waals surface area contributed by atoms with E-state index in [4.69, 9.17) is 33.0 Å². The largest absolute Gasteiger partial charge is 0.508 e. The first kappa shape index (κ1) is 27.9. The molecule has 0 spiro atoms. The van der Waals surface area contributed by atoms with Gasteiger partial charge in [-0.05, 0) is 53.1 Å². The molecule has 35 heavy (non-hydrogen) atoms. The van der Waals surface area contributed by atoms with Crippen LogP contribution in [-0.4, -0.2) is 41.5 Å². The quantitative estimate of drug-likeness (QED) is 0.390. The lowest BCUT2D eigenvalue weighted by atomic mass is 10.1.